The van der Waals surface area contributed by atoms with Crippen LogP contribution in [0.1, 0.15) is 64.7 Å². The molecule has 0 aromatic rings. The largest absolute Gasteiger partial charge is 0.478 e. The highest BCUT2D eigenvalue weighted by molar-refractivity contribution is 5.80. The van der Waals surface area contributed by atoms with Crippen LogP contribution in [0.5, 0.6) is 0 Å². The summed E-state index contributed by atoms with van der Waals surface area (Å²) in [6, 6.07) is 0. The first-order chi connectivity index (χ1) is 12.7. The Labute approximate surface area is 158 Å². The van der Waals surface area contributed by atoms with Crippen molar-refractivity contribution in [1.29, 1.82) is 0 Å². The fourth-order valence-corrected chi connectivity index (χ4v) is 2.38. The topological polar surface area (TPSA) is 66.8 Å². The smallest absolute Gasteiger partial charge is 0.328 e. The van der Waals surface area contributed by atoms with Crippen molar-refractivity contribution in [2.75, 3.05) is 0 Å². The van der Waals surface area contributed by atoms with E-state index in [1.54, 1.807) is 12.2 Å². The van der Waals surface area contributed by atoms with Gasteiger partial charge in [0.15, 0.2) is 0 Å². The zero-order valence-electron chi connectivity index (χ0n) is 15.9. The predicted octanol–water partition coefficient (Wildman–Crippen LogP) is 6.24. The van der Waals surface area contributed by atoms with Crippen molar-refractivity contribution in [1.82, 2.24) is 0 Å². The molecule has 0 aromatic heterocycles. The van der Waals surface area contributed by atoms with Gasteiger partial charge in [-0.05, 0) is 25.7 Å². The molecule has 0 saturated carbocycles. The molecule has 0 amide bonds. The summed E-state index contributed by atoms with van der Waals surface area (Å²) in [7, 11) is 0. The van der Waals surface area contributed by atoms with Gasteiger partial charge in [0, 0.05) is 6.08 Å². The highest BCUT2D eigenvalue weighted by atomic mass is 17.1. The van der Waals surface area contributed by atoms with E-state index in [4.69, 9.17) is 10.4 Å². The van der Waals surface area contributed by atoms with Gasteiger partial charge in [0.25, 0.3) is 0 Å². The van der Waals surface area contributed by atoms with Gasteiger partial charge in [0.1, 0.15) is 0 Å². The van der Waals surface area contributed by atoms with Crippen LogP contribution in [0.15, 0.2) is 60.8 Å². The molecule has 4 heteroatoms. The molecule has 0 saturated heterocycles. The van der Waals surface area contributed by atoms with Crippen molar-refractivity contribution in [2.45, 2.75) is 70.8 Å². The van der Waals surface area contributed by atoms with Gasteiger partial charge in [-0.25, -0.2) is 9.68 Å². The summed E-state index contributed by atoms with van der Waals surface area (Å²) in [5.74, 6) is -0.947. The lowest BCUT2D eigenvalue weighted by molar-refractivity contribution is -0.281. The van der Waals surface area contributed by atoms with E-state index in [9.17, 15) is 4.79 Å². The van der Waals surface area contributed by atoms with Gasteiger partial charge in [-0.3, -0.25) is 5.26 Å². The summed E-state index contributed by atoms with van der Waals surface area (Å²) >= 11 is 0. The Balaban J connectivity index is 3.64. The Hall–Kier alpha value is -1.91. The van der Waals surface area contributed by atoms with Crippen molar-refractivity contribution >= 4 is 5.97 Å². The number of carbonyl (C=O) groups is 1. The molecule has 0 aliphatic heterocycles. The van der Waals surface area contributed by atoms with Crippen LogP contribution in [0, 0.1) is 0 Å². The van der Waals surface area contributed by atoms with E-state index in [0.717, 1.165) is 51.0 Å². The molecule has 0 fully saturated rings. The van der Waals surface area contributed by atoms with Crippen molar-refractivity contribution in [3.63, 3.8) is 0 Å². The molecule has 146 valence electrons. The van der Waals surface area contributed by atoms with E-state index in [0.29, 0.717) is 0 Å². The van der Waals surface area contributed by atoms with Gasteiger partial charge in [-0.15, -0.1) is 0 Å². The molecule has 0 aliphatic rings. The standard InChI is InChI=1S/C22H34O4/c1-2-3-15-18-21(26-25)19-16-13-11-9-7-5-4-6-8-10-12-14-17-20-22(23)24/h4-8,10,12,14,17,20-21,25H,2-3,9,11,13,15-16,18-19H2,1H3,(H,23,24). The maximum atomic E-state index is 10.2. The maximum absolute atomic E-state index is 10.2. The second-order valence-electron chi connectivity index (χ2n) is 6.14. The van der Waals surface area contributed by atoms with Crippen LogP contribution in [-0.4, -0.2) is 22.4 Å². The number of hydrogen-bond acceptors (Lipinski definition) is 3. The third-order valence-corrected chi connectivity index (χ3v) is 3.83. The molecule has 0 bridgehead atoms. The fraction of sp³-hybridized carbons (Fsp3) is 0.500. The van der Waals surface area contributed by atoms with Crippen LogP contribution < -0.4 is 0 Å². The third kappa shape index (κ3) is 18.4. The molecule has 0 radical (unpaired) electrons. The summed E-state index contributed by atoms with van der Waals surface area (Å²) in [5.41, 5.74) is 0. The van der Waals surface area contributed by atoms with Crippen LogP contribution in [0.3, 0.4) is 0 Å². The fourth-order valence-electron chi connectivity index (χ4n) is 2.38. The monoisotopic (exact) mass is 362 g/mol. The van der Waals surface area contributed by atoms with Crippen molar-refractivity contribution in [3.8, 4) is 0 Å². The summed E-state index contributed by atoms with van der Waals surface area (Å²) in [6.07, 6.45) is 27.7. The van der Waals surface area contributed by atoms with Crippen LogP contribution in [0.4, 0.5) is 0 Å². The summed E-state index contributed by atoms with van der Waals surface area (Å²) in [6.45, 7) is 2.17. The van der Waals surface area contributed by atoms with E-state index in [2.05, 4.69) is 17.9 Å². The lowest BCUT2D eigenvalue weighted by Crippen LogP contribution is -2.10. The van der Waals surface area contributed by atoms with Crippen LogP contribution in [0.2, 0.25) is 0 Å². The van der Waals surface area contributed by atoms with Gasteiger partial charge in [0.2, 0.25) is 0 Å². The number of rotatable bonds is 16. The Morgan fingerprint density at radius 3 is 2.00 bits per heavy atom. The second-order valence-corrected chi connectivity index (χ2v) is 6.14. The van der Waals surface area contributed by atoms with E-state index in [1.807, 2.05) is 30.4 Å². The normalized spacial score (nSPS) is 13.9. The number of hydrogen-bond donors (Lipinski definition) is 2. The molecule has 0 spiro atoms. The molecule has 0 aliphatic carbocycles. The van der Waals surface area contributed by atoms with Crippen molar-refractivity contribution < 1.29 is 20.0 Å². The predicted molar refractivity (Wildman–Crippen MR) is 108 cm³/mol. The molecule has 2 N–H and O–H groups in total. The number of carboxylic acid groups (broad SMARTS) is 1. The molecule has 4 nitrogen and oxygen atoms in total. The minimum absolute atomic E-state index is 0.000445. The Bertz CT molecular complexity index is 473. The number of unbranched alkanes of at least 4 members (excludes halogenated alkanes) is 5. The van der Waals surface area contributed by atoms with E-state index in [-0.39, 0.29) is 6.10 Å². The van der Waals surface area contributed by atoms with Crippen LogP contribution in [0.25, 0.3) is 0 Å². The first-order valence-corrected chi connectivity index (χ1v) is 9.57. The average Bonchev–Trinajstić information content (AvgIpc) is 2.63. The molecular weight excluding hydrogens is 328 g/mol. The van der Waals surface area contributed by atoms with E-state index >= 15 is 0 Å². The highest BCUT2D eigenvalue weighted by Crippen LogP contribution is 2.14. The third-order valence-electron chi connectivity index (χ3n) is 3.83. The highest BCUT2D eigenvalue weighted by Gasteiger charge is 2.07. The molecule has 26 heavy (non-hydrogen) atoms. The van der Waals surface area contributed by atoms with Crippen molar-refractivity contribution in [2.24, 2.45) is 0 Å². The van der Waals surface area contributed by atoms with Gasteiger partial charge >= 0.3 is 5.97 Å². The second kappa shape index (κ2) is 19.4. The molecule has 1 unspecified atom stereocenters. The first-order valence-electron chi connectivity index (χ1n) is 9.57. The Kier molecular flexibility index (Phi) is 18.0. The first kappa shape index (κ1) is 24.1. The molecule has 0 aromatic carbocycles. The van der Waals surface area contributed by atoms with Gasteiger partial charge in [-0.1, -0.05) is 93.7 Å². The quantitative estimate of drug-likeness (QED) is 0.112. The molecule has 0 heterocycles. The molecule has 0 rings (SSSR count). The molecule has 1 atom stereocenters. The lowest BCUT2D eigenvalue weighted by Gasteiger charge is -2.12. The van der Waals surface area contributed by atoms with Crippen LogP contribution >= 0.6 is 0 Å². The Morgan fingerprint density at radius 1 is 0.846 bits per heavy atom. The van der Waals surface area contributed by atoms with E-state index < -0.39 is 5.97 Å². The maximum Gasteiger partial charge on any atom is 0.328 e. The summed E-state index contributed by atoms with van der Waals surface area (Å²) in [4.78, 5) is 14.8. The average molecular weight is 363 g/mol. The zero-order chi connectivity index (χ0) is 19.3. The number of aliphatic carboxylic acids is 1. The van der Waals surface area contributed by atoms with Gasteiger partial charge < -0.3 is 5.11 Å². The SMILES string of the molecule is CCCCCC(CCCCCC=CC=CC=CC=CC=CC(=O)O)OO. The summed E-state index contributed by atoms with van der Waals surface area (Å²) in [5, 5.41) is 17.3. The van der Waals surface area contributed by atoms with Gasteiger partial charge in [0.05, 0.1) is 6.10 Å². The summed E-state index contributed by atoms with van der Waals surface area (Å²) < 4.78 is 0. The van der Waals surface area contributed by atoms with Crippen LogP contribution in [-0.2, 0) is 9.68 Å². The number of carboxylic acids is 1. The van der Waals surface area contributed by atoms with Gasteiger partial charge in [-0.2, -0.15) is 0 Å². The zero-order valence-corrected chi connectivity index (χ0v) is 15.9. The minimum atomic E-state index is -0.947. The minimum Gasteiger partial charge on any atom is -0.478 e. The van der Waals surface area contributed by atoms with Crippen molar-refractivity contribution in [3.05, 3.63) is 60.8 Å². The Morgan fingerprint density at radius 2 is 1.42 bits per heavy atom. The van der Waals surface area contributed by atoms with E-state index in [1.165, 1.54) is 18.9 Å². The molecular formula is C22H34O4. The lowest BCUT2D eigenvalue weighted by atomic mass is 10.0. The number of allylic oxidation sites excluding steroid dienone is 9.